The van der Waals surface area contributed by atoms with E-state index in [0.29, 0.717) is 10.7 Å². The molecule has 3 heterocycles. The molecule has 0 atom stereocenters. The normalized spacial score (nSPS) is 15.5. The van der Waals surface area contributed by atoms with Gasteiger partial charge in [-0.25, -0.2) is 0 Å². The van der Waals surface area contributed by atoms with Gasteiger partial charge in [-0.15, -0.1) is 10.2 Å². The number of aromatic nitrogens is 3. The number of nitrogens with zero attached hydrogens (tertiary/aromatic N) is 3. The first-order valence-electron chi connectivity index (χ1n) is 7.78. The lowest BCUT2D eigenvalue weighted by molar-refractivity contribution is -0.904. The molecule has 8 heteroatoms. The van der Waals surface area contributed by atoms with Crippen LogP contribution < -0.4 is 10.2 Å². The number of pyridine rings is 1. The van der Waals surface area contributed by atoms with Crippen LogP contribution in [0.5, 0.6) is 0 Å². The van der Waals surface area contributed by atoms with Gasteiger partial charge in [-0.1, -0.05) is 11.3 Å². The molecule has 3 rings (SSSR count). The van der Waals surface area contributed by atoms with Crippen LogP contribution in [0.15, 0.2) is 22.9 Å². The van der Waals surface area contributed by atoms with Crippen molar-refractivity contribution in [2.45, 2.75) is 25.7 Å². The smallest absolute Gasteiger partial charge is 0.259 e. The van der Waals surface area contributed by atoms with Crippen LogP contribution in [0, 0.1) is 0 Å². The number of likely N-dealkylation sites (tertiary alicyclic amines) is 1. The summed E-state index contributed by atoms with van der Waals surface area (Å²) in [6, 6.07) is 1.73. The maximum absolute atomic E-state index is 12.1. The molecule has 0 spiro atoms. The number of halogens is 1. The minimum Gasteiger partial charge on any atom is -0.335 e. The number of carbonyl (C=O) groups is 1. The van der Waals surface area contributed by atoms with Crippen LogP contribution in [0.25, 0.3) is 0 Å². The lowest BCUT2D eigenvalue weighted by atomic mass is 10.1. The summed E-state index contributed by atoms with van der Waals surface area (Å²) in [4.78, 5) is 17.8. The average molecular weight is 397 g/mol. The molecule has 1 aliphatic rings. The summed E-state index contributed by atoms with van der Waals surface area (Å²) >= 11 is 4.76. The van der Waals surface area contributed by atoms with Crippen molar-refractivity contribution < 1.29 is 9.69 Å². The van der Waals surface area contributed by atoms with E-state index in [1.54, 1.807) is 17.2 Å². The summed E-state index contributed by atoms with van der Waals surface area (Å²) < 4.78 is 0.771. The Morgan fingerprint density at radius 3 is 2.87 bits per heavy atom. The van der Waals surface area contributed by atoms with Gasteiger partial charge >= 0.3 is 0 Å². The van der Waals surface area contributed by atoms with Gasteiger partial charge in [-0.05, 0) is 41.3 Å². The van der Waals surface area contributed by atoms with Crippen LogP contribution in [-0.2, 0) is 6.42 Å². The Morgan fingerprint density at radius 1 is 1.26 bits per heavy atom. The number of piperidine rings is 1. The van der Waals surface area contributed by atoms with E-state index in [4.69, 9.17) is 0 Å². The third kappa shape index (κ3) is 4.79. The topological polar surface area (TPSA) is 72.2 Å². The second-order valence-corrected chi connectivity index (χ2v) is 7.64. The SMILES string of the molecule is O=C(Nc1nnc(CC[NH+]2CCCCC2)s1)c1cncc(Br)c1. The third-order valence-electron chi connectivity index (χ3n) is 3.91. The van der Waals surface area contributed by atoms with Gasteiger partial charge in [0.25, 0.3) is 5.91 Å². The molecule has 2 aromatic heterocycles. The fourth-order valence-corrected chi connectivity index (χ4v) is 3.80. The zero-order valence-electron chi connectivity index (χ0n) is 12.7. The monoisotopic (exact) mass is 396 g/mol. The lowest BCUT2D eigenvalue weighted by Gasteiger charge is -2.22. The summed E-state index contributed by atoms with van der Waals surface area (Å²) in [7, 11) is 0. The van der Waals surface area contributed by atoms with Gasteiger partial charge in [0.05, 0.1) is 31.6 Å². The van der Waals surface area contributed by atoms with Crippen molar-refractivity contribution in [1.29, 1.82) is 0 Å². The minimum atomic E-state index is -0.219. The highest BCUT2D eigenvalue weighted by atomic mass is 79.9. The van der Waals surface area contributed by atoms with Crippen LogP contribution in [0.4, 0.5) is 5.13 Å². The zero-order chi connectivity index (χ0) is 16.1. The molecule has 1 aliphatic heterocycles. The molecule has 1 saturated heterocycles. The summed E-state index contributed by atoms with van der Waals surface area (Å²) in [5, 5.41) is 12.5. The van der Waals surface area contributed by atoms with Crippen molar-refractivity contribution in [3.8, 4) is 0 Å². The second-order valence-electron chi connectivity index (χ2n) is 5.66. The molecule has 0 unspecified atom stereocenters. The number of carbonyl (C=O) groups excluding carboxylic acids is 1. The Balaban J connectivity index is 1.53. The molecule has 0 bridgehead atoms. The quantitative estimate of drug-likeness (QED) is 0.804. The Kier molecular flexibility index (Phi) is 5.69. The first-order chi connectivity index (χ1) is 11.2. The first-order valence-corrected chi connectivity index (χ1v) is 9.39. The van der Waals surface area contributed by atoms with Gasteiger partial charge in [-0.2, -0.15) is 0 Å². The van der Waals surface area contributed by atoms with Crippen LogP contribution in [-0.4, -0.2) is 40.7 Å². The summed E-state index contributed by atoms with van der Waals surface area (Å²) in [5.41, 5.74) is 0.494. The number of quaternary nitrogens is 1. The van der Waals surface area contributed by atoms with Crippen molar-refractivity contribution in [3.05, 3.63) is 33.5 Å². The lowest BCUT2D eigenvalue weighted by Crippen LogP contribution is -3.13. The molecular formula is C15H19BrN5OS+. The molecule has 0 saturated carbocycles. The van der Waals surface area contributed by atoms with E-state index in [1.165, 1.54) is 49.9 Å². The van der Waals surface area contributed by atoms with E-state index in [-0.39, 0.29) is 5.91 Å². The Morgan fingerprint density at radius 2 is 2.09 bits per heavy atom. The highest BCUT2D eigenvalue weighted by molar-refractivity contribution is 9.10. The molecule has 6 nitrogen and oxygen atoms in total. The fraction of sp³-hybridized carbons (Fsp3) is 0.467. The predicted octanol–water partition coefficient (Wildman–Crippen LogP) is 1.56. The number of hydrogen-bond acceptors (Lipinski definition) is 5. The number of anilines is 1. The van der Waals surface area contributed by atoms with Crippen molar-refractivity contribution in [1.82, 2.24) is 15.2 Å². The molecule has 1 fully saturated rings. The van der Waals surface area contributed by atoms with E-state index in [0.717, 1.165) is 22.4 Å². The molecule has 0 radical (unpaired) electrons. The molecule has 23 heavy (non-hydrogen) atoms. The zero-order valence-corrected chi connectivity index (χ0v) is 15.1. The Bertz CT molecular complexity index is 671. The number of hydrogen-bond donors (Lipinski definition) is 2. The van der Waals surface area contributed by atoms with Gasteiger partial charge < -0.3 is 4.90 Å². The van der Waals surface area contributed by atoms with E-state index in [9.17, 15) is 4.79 Å². The maximum atomic E-state index is 12.1. The first kappa shape index (κ1) is 16.5. The van der Waals surface area contributed by atoms with Gasteiger partial charge in [0.15, 0.2) is 0 Å². The van der Waals surface area contributed by atoms with Gasteiger partial charge in [0.2, 0.25) is 5.13 Å². The van der Waals surface area contributed by atoms with Crippen molar-refractivity contribution in [2.24, 2.45) is 0 Å². The van der Waals surface area contributed by atoms with E-state index >= 15 is 0 Å². The van der Waals surface area contributed by atoms with Crippen LogP contribution in [0.3, 0.4) is 0 Å². The summed E-state index contributed by atoms with van der Waals surface area (Å²) in [6.07, 6.45) is 8.11. The fourth-order valence-electron chi connectivity index (χ4n) is 2.70. The Hall–Kier alpha value is -1.38. The van der Waals surface area contributed by atoms with Gasteiger partial charge in [-0.3, -0.25) is 15.1 Å². The number of amides is 1. The average Bonchev–Trinajstić information content (AvgIpc) is 3.01. The van der Waals surface area contributed by atoms with Gasteiger partial charge in [0.1, 0.15) is 5.01 Å². The van der Waals surface area contributed by atoms with Crippen molar-refractivity contribution in [2.75, 3.05) is 25.0 Å². The molecular weight excluding hydrogens is 378 g/mol. The maximum Gasteiger partial charge on any atom is 0.259 e. The largest absolute Gasteiger partial charge is 0.335 e. The number of nitrogens with one attached hydrogen (secondary N) is 2. The molecule has 1 amide bonds. The van der Waals surface area contributed by atoms with E-state index in [1.807, 2.05) is 0 Å². The summed E-state index contributed by atoms with van der Waals surface area (Å²) in [5.74, 6) is -0.219. The van der Waals surface area contributed by atoms with Crippen LogP contribution in [0.1, 0.15) is 34.6 Å². The Labute approximate surface area is 147 Å². The molecule has 2 N–H and O–H groups in total. The van der Waals surface area contributed by atoms with Crippen LogP contribution >= 0.6 is 27.3 Å². The molecule has 122 valence electrons. The standard InChI is InChI=1S/C15H18BrN5OS/c16-12-8-11(9-17-10-12)14(22)18-15-20-19-13(23-15)4-7-21-5-2-1-3-6-21/h8-10H,1-7H2,(H,18,20,22)/p+1. The van der Waals surface area contributed by atoms with Crippen LogP contribution in [0.2, 0.25) is 0 Å². The van der Waals surface area contributed by atoms with E-state index in [2.05, 4.69) is 36.4 Å². The van der Waals surface area contributed by atoms with Gasteiger partial charge in [0, 0.05) is 16.9 Å². The van der Waals surface area contributed by atoms with E-state index < -0.39 is 0 Å². The molecule has 2 aromatic rings. The summed E-state index contributed by atoms with van der Waals surface area (Å²) in [6.45, 7) is 3.62. The minimum absolute atomic E-state index is 0.219. The number of rotatable bonds is 5. The predicted molar refractivity (Wildman–Crippen MR) is 92.9 cm³/mol. The molecule has 0 aromatic carbocycles. The van der Waals surface area contributed by atoms with Crippen molar-refractivity contribution in [3.63, 3.8) is 0 Å². The highest BCUT2D eigenvalue weighted by Crippen LogP contribution is 2.17. The highest BCUT2D eigenvalue weighted by Gasteiger charge is 2.15. The third-order valence-corrected chi connectivity index (χ3v) is 5.24. The second kappa shape index (κ2) is 7.94. The molecule has 0 aliphatic carbocycles. The van der Waals surface area contributed by atoms with Crippen molar-refractivity contribution >= 4 is 38.3 Å².